The second-order valence-electron chi connectivity index (χ2n) is 3.60. The van der Waals surface area contributed by atoms with Crippen molar-refractivity contribution in [2.45, 2.75) is 6.92 Å². The Morgan fingerprint density at radius 1 is 1.35 bits per heavy atom. The predicted molar refractivity (Wildman–Crippen MR) is 63.9 cm³/mol. The van der Waals surface area contributed by atoms with Crippen LogP contribution in [0.15, 0.2) is 24.4 Å². The van der Waals surface area contributed by atoms with Crippen molar-refractivity contribution >= 4 is 28.5 Å². The quantitative estimate of drug-likeness (QED) is 0.777. The van der Waals surface area contributed by atoms with E-state index in [4.69, 9.17) is 4.74 Å². The lowest BCUT2D eigenvalue weighted by atomic mass is 10.1. The molecule has 2 rings (SSSR count). The van der Waals surface area contributed by atoms with Crippen LogP contribution in [0.1, 0.15) is 17.3 Å². The van der Waals surface area contributed by atoms with Gasteiger partial charge in [-0.3, -0.25) is 4.79 Å². The number of hydrogen-bond donors (Lipinski definition) is 2. The summed E-state index contributed by atoms with van der Waals surface area (Å²) in [7, 11) is 1.33. The molecule has 0 aliphatic rings. The normalized spacial score (nSPS) is 10.2. The van der Waals surface area contributed by atoms with Gasteiger partial charge in [0.2, 0.25) is 5.91 Å². The third-order valence-electron chi connectivity index (χ3n) is 2.42. The summed E-state index contributed by atoms with van der Waals surface area (Å²) >= 11 is 0. The van der Waals surface area contributed by atoms with Gasteiger partial charge in [0.1, 0.15) is 0 Å². The van der Waals surface area contributed by atoms with Crippen LogP contribution in [0.3, 0.4) is 0 Å². The van der Waals surface area contributed by atoms with Crippen molar-refractivity contribution in [1.29, 1.82) is 0 Å². The van der Waals surface area contributed by atoms with Crippen molar-refractivity contribution in [2.75, 3.05) is 12.4 Å². The molecule has 17 heavy (non-hydrogen) atoms. The zero-order valence-electron chi connectivity index (χ0n) is 9.53. The number of aromatic nitrogens is 1. The number of carbonyl (C=O) groups excluding carboxylic acids is 2. The molecule has 0 radical (unpaired) electrons. The maximum Gasteiger partial charge on any atom is 0.338 e. The number of benzene rings is 1. The number of hydrogen-bond acceptors (Lipinski definition) is 3. The van der Waals surface area contributed by atoms with Crippen LogP contribution in [-0.2, 0) is 9.53 Å². The lowest BCUT2D eigenvalue weighted by Gasteiger charge is -2.04. The number of carbonyl (C=O) groups is 2. The van der Waals surface area contributed by atoms with Gasteiger partial charge in [0.15, 0.2) is 0 Å². The van der Waals surface area contributed by atoms with Crippen LogP contribution in [-0.4, -0.2) is 24.0 Å². The van der Waals surface area contributed by atoms with E-state index in [0.717, 1.165) is 5.52 Å². The van der Waals surface area contributed by atoms with Crippen LogP contribution in [0.2, 0.25) is 0 Å². The molecule has 0 fully saturated rings. The topological polar surface area (TPSA) is 71.2 Å². The minimum absolute atomic E-state index is 0.189. The van der Waals surface area contributed by atoms with E-state index < -0.39 is 5.97 Å². The van der Waals surface area contributed by atoms with E-state index >= 15 is 0 Å². The van der Waals surface area contributed by atoms with Crippen molar-refractivity contribution in [2.24, 2.45) is 0 Å². The van der Waals surface area contributed by atoms with Gasteiger partial charge in [-0.15, -0.1) is 0 Å². The van der Waals surface area contributed by atoms with Crippen LogP contribution in [0.4, 0.5) is 5.69 Å². The number of aromatic amines is 1. The number of anilines is 1. The lowest BCUT2D eigenvalue weighted by Crippen LogP contribution is -2.07. The fourth-order valence-electron chi connectivity index (χ4n) is 1.75. The fourth-order valence-corrected chi connectivity index (χ4v) is 1.75. The molecular weight excluding hydrogens is 220 g/mol. The van der Waals surface area contributed by atoms with Crippen LogP contribution in [0, 0.1) is 0 Å². The summed E-state index contributed by atoms with van der Waals surface area (Å²) in [5, 5.41) is 3.33. The van der Waals surface area contributed by atoms with Crippen molar-refractivity contribution < 1.29 is 14.3 Å². The maximum absolute atomic E-state index is 11.6. The molecule has 0 aliphatic heterocycles. The van der Waals surface area contributed by atoms with Gasteiger partial charge in [0.05, 0.1) is 18.4 Å². The Balaban J connectivity index is 2.63. The van der Waals surface area contributed by atoms with Gasteiger partial charge in [-0.2, -0.15) is 0 Å². The second kappa shape index (κ2) is 4.29. The zero-order valence-corrected chi connectivity index (χ0v) is 9.53. The zero-order chi connectivity index (χ0) is 12.4. The summed E-state index contributed by atoms with van der Waals surface area (Å²) < 4.78 is 4.71. The Morgan fingerprint density at radius 2 is 2.12 bits per heavy atom. The Bertz CT molecular complexity index is 586. The van der Waals surface area contributed by atoms with Gasteiger partial charge in [0, 0.05) is 24.0 Å². The van der Waals surface area contributed by atoms with Crippen LogP contribution in [0.25, 0.3) is 10.9 Å². The smallest absolute Gasteiger partial charge is 0.338 e. The van der Waals surface area contributed by atoms with Gasteiger partial charge in [-0.05, 0) is 12.1 Å². The first-order valence-electron chi connectivity index (χ1n) is 5.09. The number of amides is 1. The molecule has 0 unspecified atom stereocenters. The molecule has 5 heteroatoms. The molecular formula is C12H12N2O3. The first-order chi connectivity index (χ1) is 8.13. The van der Waals surface area contributed by atoms with Crippen molar-refractivity contribution in [1.82, 2.24) is 4.98 Å². The van der Waals surface area contributed by atoms with Gasteiger partial charge in [0.25, 0.3) is 0 Å². The molecule has 1 heterocycles. The van der Waals surface area contributed by atoms with Gasteiger partial charge < -0.3 is 15.0 Å². The lowest BCUT2D eigenvalue weighted by molar-refractivity contribution is -0.114. The average molecular weight is 232 g/mol. The van der Waals surface area contributed by atoms with E-state index in [2.05, 4.69) is 10.3 Å². The molecule has 1 amide bonds. The van der Waals surface area contributed by atoms with E-state index in [1.54, 1.807) is 18.3 Å². The molecule has 2 aromatic rings. The molecule has 0 saturated carbocycles. The molecule has 5 nitrogen and oxygen atoms in total. The highest BCUT2D eigenvalue weighted by Gasteiger charge is 2.15. The van der Waals surface area contributed by atoms with Crippen molar-refractivity contribution in [3.05, 3.63) is 30.0 Å². The standard InChI is InChI=1S/C12H12N2O3/c1-7(15)14-10-6-13-9-5-3-4-8(11(9)10)12(16)17-2/h3-6,13H,1-2H3,(H,14,15). The molecule has 0 bridgehead atoms. The number of rotatable bonds is 2. The van der Waals surface area contributed by atoms with Crippen molar-refractivity contribution in [3.63, 3.8) is 0 Å². The number of ether oxygens (including phenoxy) is 1. The summed E-state index contributed by atoms with van der Waals surface area (Å²) in [6, 6.07) is 5.24. The predicted octanol–water partition coefficient (Wildman–Crippen LogP) is 1.91. The molecule has 1 aromatic heterocycles. The third-order valence-corrected chi connectivity index (χ3v) is 2.42. The van der Waals surface area contributed by atoms with Gasteiger partial charge in [-0.1, -0.05) is 6.07 Å². The molecule has 88 valence electrons. The van der Waals surface area contributed by atoms with E-state index in [1.807, 2.05) is 6.07 Å². The van der Waals surface area contributed by atoms with Crippen LogP contribution < -0.4 is 5.32 Å². The number of H-pyrrole nitrogens is 1. The monoisotopic (exact) mass is 232 g/mol. The number of fused-ring (bicyclic) bond motifs is 1. The van der Waals surface area contributed by atoms with E-state index in [1.165, 1.54) is 14.0 Å². The molecule has 0 saturated heterocycles. The summed E-state index contributed by atoms with van der Waals surface area (Å²) in [5.41, 5.74) is 1.78. The van der Waals surface area contributed by atoms with Crippen LogP contribution in [0.5, 0.6) is 0 Å². The largest absolute Gasteiger partial charge is 0.465 e. The number of methoxy groups -OCH3 is 1. The fraction of sp³-hybridized carbons (Fsp3) is 0.167. The van der Waals surface area contributed by atoms with Gasteiger partial charge in [-0.25, -0.2) is 4.79 Å². The summed E-state index contributed by atoms with van der Waals surface area (Å²) in [5.74, 6) is -0.618. The number of nitrogens with one attached hydrogen (secondary N) is 2. The summed E-state index contributed by atoms with van der Waals surface area (Å²) in [6.07, 6.45) is 1.65. The Labute approximate surface area is 97.8 Å². The summed E-state index contributed by atoms with van der Waals surface area (Å²) in [4.78, 5) is 25.7. The van der Waals surface area contributed by atoms with Gasteiger partial charge >= 0.3 is 5.97 Å². The first kappa shape index (κ1) is 11.2. The molecule has 0 atom stereocenters. The SMILES string of the molecule is COC(=O)c1cccc2[nH]cc(NC(C)=O)c12. The molecule has 2 N–H and O–H groups in total. The Hall–Kier alpha value is -2.30. The van der Waals surface area contributed by atoms with Crippen LogP contribution >= 0.6 is 0 Å². The van der Waals surface area contributed by atoms with Crippen molar-refractivity contribution in [3.8, 4) is 0 Å². The maximum atomic E-state index is 11.6. The Kier molecular flexibility index (Phi) is 2.82. The minimum Gasteiger partial charge on any atom is -0.465 e. The third kappa shape index (κ3) is 1.99. The Morgan fingerprint density at radius 3 is 2.76 bits per heavy atom. The highest BCUT2D eigenvalue weighted by atomic mass is 16.5. The second-order valence-corrected chi connectivity index (χ2v) is 3.60. The minimum atomic E-state index is -0.429. The molecule has 0 spiro atoms. The molecule has 0 aliphatic carbocycles. The highest BCUT2D eigenvalue weighted by Crippen LogP contribution is 2.27. The van der Waals surface area contributed by atoms with E-state index in [0.29, 0.717) is 16.6 Å². The van der Waals surface area contributed by atoms with E-state index in [9.17, 15) is 9.59 Å². The number of esters is 1. The summed E-state index contributed by atoms with van der Waals surface area (Å²) in [6.45, 7) is 1.42. The van der Waals surface area contributed by atoms with E-state index in [-0.39, 0.29) is 5.91 Å². The average Bonchev–Trinajstić information content (AvgIpc) is 2.71. The first-order valence-corrected chi connectivity index (χ1v) is 5.09. The highest BCUT2D eigenvalue weighted by molar-refractivity contribution is 6.11. The molecule has 1 aromatic carbocycles.